The average molecular weight is 432 g/mol. The highest BCUT2D eigenvalue weighted by atomic mass is 16.5. The van der Waals surface area contributed by atoms with Gasteiger partial charge < -0.3 is 9.30 Å². The second-order valence-electron chi connectivity index (χ2n) is 7.29. The molecule has 4 rings (SSSR count). The number of nitrogens with one attached hydrogen (secondary N) is 2. The number of nitrogens with zero attached hydrogens (tertiary/aromatic N) is 4. The molecule has 2 aromatic heterocycles. The van der Waals surface area contributed by atoms with E-state index >= 15 is 0 Å². The van der Waals surface area contributed by atoms with E-state index in [0.29, 0.717) is 30.3 Å². The van der Waals surface area contributed by atoms with E-state index in [1.807, 2.05) is 61.5 Å². The number of H-pyrrole nitrogens is 1. The zero-order valence-electron chi connectivity index (χ0n) is 17.9. The Bertz CT molecular complexity index is 1350. The van der Waals surface area contributed by atoms with Crippen LogP contribution in [-0.2, 0) is 20.2 Å². The van der Waals surface area contributed by atoms with Crippen LogP contribution in [-0.4, -0.2) is 25.3 Å². The van der Waals surface area contributed by atoms with E-state index in [9.17, 15) is 9.59 Å². The lowest BCUT2D eigenvalue weighted by Crippen LogP contribution is -2.29. The van der Waals surface area contributed by atoms with E-state index in [0.717, 1.165) is 23.3 Å². The molecule has 0 radical (unpaired) electrons. The van der Waals surface area contributed by atoms with Crippen molar-refractivity contribution in [3.63, 3.8) is 0 Å². The van der Waals surface area contributed by atoms with Crippen LogP contribution in [0.5, 0.6) is 5.75 Å². The summed E-state index contributed by atoms with van der Waals surface area (Å²) in [4.78, 5) is 30.9. The number of fused-ring (bicyclic) bond motifs is 1. The van der Waals surface area contributed by atoms with Crippen molar-refractivity contribution in [3.8, 4) is 5.75 Å². The molecule has 0 saturated heterocycles. The van der Waals surface area contributed by atoms with Gasteiger partial charge in [0.2, 0.25) is 5.95 Å². The first-order chi connectivity index (χ1) is 15.6. The summed E-state index contributed by atoms with van der Waals surface area (Å²) < 4.78 is 8.83. The summed E-state index contributed by atoms with van der Waals surface area (Å²) in [7, 11) is 1.57. The Balaban J connectivity index is 1.48. The predicted molar refractivity (Wildman–Crippen MR) is 124 cm³/mol. The van der Waals surface area contributed by atoms with Gasteiger partial charge in [-0.15, -0.1) is 0 Å². The Morgan fingerprint density at radius 2 is 1.88 bits per heavy atom. The molecule has 0 aliphatic rings. The van der Waals surface area contributed by atoms with Crippen LogP contribution in [0.15, 0.2) is 69.3 Å². The SMILES string of the molecule is CCCn1c(NN=Cc2ccc(OCc3ccccc3)cc2)nc2c1c(=O)[nH]c(=O)n2C. The van der Waals surface area contributed by atoms with Gasteiger partial charge in [-0.05, 0) is 41.8 Å². The van der Waals surface area contributed by atoms with Crippen molar-refractivity contribution in [3.05, 3.63) is 86.6 Å². The zero-order chi connectivity index (χ0) is 22.5. The number of hydrogen-bond acceptors (Lipinski definition) is 6. The molecule has 0 spiro atoms. The standard InChI is InChI=1S/C23H24N6O3/c1-3-13-29-19-20(28(2)23(31)26-21(19)30)25-22(29)27-24-14-16-9-11-18(12-10-16)32-15-17-7-5-4-6-8-17/h4-12,14H,3,13,15H2,1-2H3,(H,25,27)(H,26,30,31). The van der Waals surface area contributed by atoms with Crippen molar-refractivity contribution in [2.75, 3.05) is 5.43 Å². The van der Waals surface area contributed by atoms with Gasteiger partial charge in [0, 0.05) is 13.6 Å². The number of hydrogen-bond donors (Lipinski definition) is 2. The molecule has 2 aromatic carbocycles. The zero-order valence-corrected chi connectivity index (χ0v) is 17.9. The lowest BCUT2D eigenvalue weighted by Gasteiger charge is -2.07. The smallest absolute Gasteiger partial charge is 0.329 e. The van der Waals surface area contributed by atoms with Gasteiger partial charge in [-0.3, -0.25) is 14.3 Å². The van der Waals surface area contributed by atoms with Gasteiger partial charge in [0.1, 0.15) is 12.4 Å². The third-order valence-electron chi connectivity index (χ3n) is 4.96. The molecule has 0 bridgehead atoms. The molecule has 2 N–H and O–H groups in total. The number of aryl methyl sites for hydroxylation is 2. The van der Waals surface area contributed by atoms with Crippen LogP contribution in [0.2, 0.25) is 0 Å². The molecular weight excluding hydrogens is 408 g/mol. The summed E-state index contributed by atoms with van der Waals surface area (Å²) in [5, 5.41) is 4.26. The van der Waals surface area contributed by atoms with Gasteiger partial charge in [-0.25, -0.2) is 10.2 Å². The highest BCUT2D eigenvalue weighted by Crippen LogP contribution is 2.16. The topological polar surface area (TPSA) is 106 Å². The van der Waals surface area contributed by atoms with E-state index < -0.39 is 11.2 Å². The highest BCUT2D eigenvalue weighted by molar-refractivity contribution is 5.80. The van der Waals surface area contributed by atoms with E-state index in [-0.39, 0.29) is 0 Å². The summed E-state index contributed by atoms with van der Waals surface area (Å²) in [5.41, 5.74) is 4.54. The molecule has 0 unspecified atom stereocenters. The molecule has 164 valence electrons. The molecule has 0 atom stereocenters. The second kappa shape index (κ2) is 9.34. The fourth-order valence-corrected chi connectivity index (χ4v) is 3.32. The van der Waals surface area contributed by atoms with Crippen molar-refractivity contribution >= 4 is 23.3 Å². The number of imidazole rings is 1. The van der Waals surface area contributed by atoms with Crippen LogP contribution in [0.4, 0.5) is 5.95 Å². The van der Waals surface area contributed by atoms with E-state index in [4.69, 9.17) is 4.74 Å². The monoisotopic (exact) mass is 432 g/mol. The van der Waals surface area contributed by atoms with Gasteiger partial charge in [-0.2, -0.15) is 10.1 Å². The maximum Gasteiger partial charge on any atom is 0.329 e. The van der Waals surface area contributed by atoms with Crippen molar-refractivity contribution in [2.45, 2.75) is 26.5 Å². The van der Waals surface area contributed by atoms with Crippen molar-refractivity contribution < 1.29 is 4.74 Å². The summed E-state index contributed by atoms with van der Waals surface area (Å²) >= 11 is 0. The molecule has 0 aliphatic heterocycles. The Kier molecular flexibility index (Phi) is 6.16. The third-order valence-corrected chi connectivity index (χ3v) is 4.96. The van der Waals surface area contributed by atoms with E-state index in [2.05, 4.69) is 20.5 Å². The molecule has 4 aromatic rings. The lowest BCUT2D eigenvalue weighted by molar-refractivity contribution is 0.306. The fourth-order valence-electron chi connectivity index (χ4n) is 3.32. The number of anilines is 1. The minimum Gasteiger partial charge on any atom is -0.489 e. The van der Waals surface area contributed by atoms with Gasteiger partial charge in [0.25, 0.3) is 5.56 Å². The average Bonchev–Trinajstić information content (AvgIpc) is 3.17. The molecule has 0 amide bonds. The number of rotatable bonds is 8. The van der Waals surface area contributed by atoms with Gasteiger partial charge in [-0.1, -0.05) is 37.3 Å². The van der Waals surface area contributed by atoms with Gasteiger partial charge in [0.15, 0.2) is 11.2 Å². The predicted octanol–water partition coefficient (Wildman–Crippen LogP) is 2.86. The largest absolute Gasteiger partial charge is 0.489 e. The van der Waals surface area contributed by atoms with Crippen LogP contribution >= 0.6 is 0 Å². The van der Waals surface area contributed by atoms with E-state index in [1.165, 1.54) is 4.57 Å². The van der Waals surface area contributed by atoms with Crippen molar-refractivity contribution in [1.82, 2.24) is 19.1 Å². The van der Waals surface area contributed by atoms with Crippen LogP contribution < -0.4 is 21.4 Å². The molecule has 2 heterocycles. The Morgan fingerprint density at radius 3 is 2.59 bits per heavy atom. The first kappa shape index (κ1) is 21.1. The molecule has 0 aliphatic carbocycles. The Morgan fingerprint density at radius 1 is 1.12 bits per heavy atom. The molecule has 32 heavy (non-hydrogen) atoms. The minimum atomic E-state index is -0.506. The number of aromatic nitrogens is 4. The minimum absolute atomic E-state index is 0.310. The summed E-state index contributed by atoms with van der Waals surface area (Å²) in [5.74, 6) is 1.16. The fraction of sp³-hybridized carbons (Fsp3) is 0.217. The molecule has 9 heteroatoms. The van der Waals surface area contributed by atoms with Crippen molar-refractivity contribution in [2.24, 2.45) is 12.1 Å². The molecule has 0 fully saturated rings. The van der Waals surface area contributed by atoms with Crippen LogP contribution in [0.25, 0.3) is 11.2 Å². The lowest BCUT2D eigenvalue weighted by atomic mass is 10.2. The van der Waals surface area contributed by atoms with Crippen molar-refractivity contribution in [1.29, 1.82) is 0 Å². The van der Waals surface area contributed by atoms with E-state index in [1.54, 1.807) is 17.8 Å². The summed E-state index contributed by atoms with van der Waals surface area (Å²) in [6.45, 7) is 3.06. The van der Waals surface area contributed by atoms with Gasteiger partial charge >= 0.3 is 5.69 Å². The quantitative estimate of drug-likeness (QED) is 0.329. The Labute approximate surface area is 184 Å². The summed E-state index contributed by atoms with van der Waals surface area (Å²) in [6.07, 6.45) is 2.44. The molecule has 0 saturated carbocycles. The first-order valence-corrected chi connectivity index (χ1v) is 10.3. The Hall–Kier alpha value is -4.14. The normalized spacial score (nSPS) is 11.3. The van der Waals surface area contributed by atoms with Crippen LogP contribution in [0.3, 0.4) is 0 Å². The highest BCUT2D eigenvalue weighted by Gasteiger charge is 2.16. The number of benzene rings is 2. The first-order valence-electron chi connectivity index (χ1n) is 10.3. The maximum absolute atomic E-state index is 12.3. The third kappa shape index (κ3) is 4.46. The molecule has 9 nitrogen and oxygen atoms in total. The van der Waals surface area contributed by atoms with Crippen LogP contribution in [0, 0.1) is 0 Å². The number of aromatic amines is 1. The van der Waals surface area contributed by atoms with Gasteiger partial charge in [0.05, 0.1) is 6.21 Å². The molecular formula is C23H24N6O3. The maximum atomic E-state index is 12.3. The second-order valence-corrected chi connectivity index (χ2v) is 7.29. The van der Waals surface area contributed by atoms with Crippen LogP contribution in [0.1, 0.15) is 24.5 Å². The summed E-state index contributed by atoms with van der Waals surface area (Å²) in [6, 6.07) is 17.5. The number of ether oxygens (including phenoxy) is 1. The number of hydrazone groups is 1.